The van der Waals surface area contributed by atoms with Crippen LogP contribution in [0, 0.1) is 6.92 Å². The number of thiazole rings is 1. The number of carbonyl (C=O) groups excluding carboxylic acids is 1. The third-order valence-electron chi connectivity index (χ3n) is 3.24. The van der Waals surface area contributed by atoms with Crippen LogP contribution >= 0.6 is 22.9 Å². The van der Waals surface area contributed by atoms with Crippen molar-refractivity contribution in [3.63, 3.8) is 0 Å². The lowest BCUT2D eigenvalue weighted by molar-refractivity contribution is -0.136. The van der Waals surface area contributed by atoms with Gasteiger partial charge in [-0.2, -0.15) is 0 Å². The molecular weight excluding hydrogens is 324 g/mol. The molecule has 0 aliphatic rings. The average molecular weight is 335 g/mol. The summed E-state index contributed by atoms with van der Waals surface area (Å²) in [6.45, 7) is 1.80. The summed E-state index contributed by atoms with van der Waals surface area (Å²) in [5, 5.41) is 12.4. The number of carboxylic acids is 1. The van der Waals surface area contributed by atoms with E-state index in [2.05, 4.69) is 9.97 Å². The first-order chi connectivity index (χ1) is 10.5. The average Bonchev–Trinajstić information content (AvgIpc) is 3.03. The number of aromatic amines is 1. The van der Waals surface area contributed by atoms with E-state index in [4.69, 9.17) is 16.7 Å². The van der Waals surface area contributed by atoms with E-state index in [1.165, 1.54) is 11.3 Å². The molecule has 0 amide bonds. The molecule has 0 bridgehead atoms. The number of aliphatic carboxylic acids is 1. The molecule has 2 heterocycles. The minimum Gasteiger partial charge on any atom is -0.481 e. The second-order valence-corrected chi connectivity index (χ2v) is 6.16. The summed E-state index contributed by atoms with van der Waals surface area (Å²) in [5.41, 5.74) is 2.13. The number of hydrogen-bond donors (Lipinski definition) is 2. The summed E-state index contributed by atoms with van der Waals surface area (Å²) < 4.78 is 0. The van der Waals surface area contributed by atoms with Crippen LogP contribution in [0.25, 0.3) is 10.9 Å². The standard InChI is InChI=1S/C15H11ClN2O3S/c1-7-6-22-15(17-7)14(21)13-10(5-12(19)20)9-4-8(16)2-3-11(9)18-13/h2-4,6,18H,5H2,1H3,(H,19,20). The number of nitrogens with zero attached hydrogens (tertiary/aromatic N) is 1. The second kappa shape index (κ2) is 5.55. The molecule has 0 fully saturated rings. The third kappa shape index (κ3) is 2.63. The van der Waals surface area contributed by atoms with Gasteiger partial charge < -0.3 is 10.1 Å². The molecule has 2 N–H and O–H groups in total. The number of ketones is 1. The fourth-order valence-electron chi connectivity index (χ4n) is 2.31. The maximum Gasteiger partial charge on any atom is 0.307 e. The number of aryl methyl sites for hydroxylation is 1. The second-order valence-electron chi connectivity index (χ2n) is 4.86. The van der Waals surface area contributed by atoms with Crippen LogP contribution in [0.1, 0.15) is 26.8 Å². The Morgan fingerprint density at radius 3 is 2.82 bits per heavy atom. The van der Waals surface area contributed by atoms with E-state index >= 15 is 0 Å². The first kappa shape index (κ1) is 14.7. The van der Waals surface area contributed by atoms with Crippen LogP contribution in [0.5, 0.6) is 0 Å². The first-order valence-corrected chi connectivity index (χ1v) is 7.70. The molecule has 0 aliphatic carbocycles. The van der Waals surface area contributed by atoms with Gasteiger partial charge in [0.05, 0.1) is 12.1 Å². The Hall–Kier alpha value is -2.18. The van der Waals surface area contributed by atoms with Crippen LogP contribution < -0.4 is 0 Å². The Morgan fingerprint density at radius 1 is 1.41 bits per heavy atom. The number of halogens is 1. The number of aromatic nitrogens is 2. The molecule has 1 aromatic carbocycles. The number of carbonyl (C=O) groups is 2. The van der Waals surface area contributed by atoms with Gasteiger partial charge in [0.25, 0.3) is 0 Å². The zero-order valence-electron chi connectivity index (χ0n) is 11.5. The Kier molecular flexibility index (Phi) is 3.72. The largest absolute Gasteiger partial charge is 0.481 e. The predicted octanol–water partition coefficient (Wildman–Crippen LogP) is 3.44. The summed E-state index contributed by atoms with van der Waals surface area (Å²) in [6.07, 6.45) is -0.258. The van der Waals surface area contributed by atoms with E-state index in [9.17, 15) is 9.59 Å². The van der Waals surface area contributed by atoms with Crippen LogP contribution in [0.3, 0.4) is 0 Å². The van der Waals surface area contributed by atoms with Gasteiger partial charge >= 0.3 is 5.97 Å². The monoisotopic (exact) mass is 334 g/mol. The molecule has 3 rings (SSSR count). The minimum atomic E-state index is -1.01. The fourth-order valence-corrected chi connectivity index (χ4v) is 3.23. The lowest BCUT2D eigenvalue weighted by atomic mass is 10.1. The van der Waals surface area contributed by atoms with E-state index in [-0.39, 0.29) is 17.9 Å². The Labute approximate surface area is 134 Å². The van der Waals surface area contributed by atoms with Gasteiger partial charge in [-0.05, 0) is 25.1 Å². The van der Waals surface area contributed by atoms with Gasteiger partial charge in [-0.3, -0.25) is 9.59 Å². The number of fused-ring (bicyclic) bond motifs is 1. The summed E-state index contributed by atoms with van der Waals surface area (Å²) >= 11 is 7.22. The van der Waals surface area contributed by atoms with E-state index in [1.807, 2.05) is 0 Å². The predicted molar refractivity (Wildman–Crippen MR) is 84.9 cm³/mol. The van der Waals surface area contributed by atoms with Crippen molar-refractivity contribution < 1.29 is 14.7 Å². The van der Waals surface area contributed by atoms with Crippen molar-refractivity contribution in [1.82, 2.24) is 9.97 Å². The topological polar surface area (TPSA) is 83.0 Å². The van der Waals surface area contributed by atoms with Gasteiger partial charge in [-0.1, -0.05) is 11.6 Å². The highest BCUT2D eigenvalue weighted by atomic mass is 35.5. The van der Waals surface area contributed by atoms with Crippen LogP contribution in [-0.2, 0) is 11.2 Å². The number of carboxylic acid groups (broad SMARTS) is 1. The van der Waals surface area contributed by atoms with Gasteiger partial charge in [0, 0.05) is 32.6 Å². The zero-order chi connectivity index (χ0) is 15.9. The molecule has 0 unspecified atom stereocenters. The molecule has 3 aromatic rings. The molecule has 0 atom stereocenters. The Bertz CT molecular complexity index is 897. The quantitative estimate of drug-likeness (QED) is 0.716. The maximum absolute atomic E-state index is 12.6. The Balaban J connectivity index is 2.19. The van der Waals surface area contributed by atoms with E-state index in [0.717, 1.165) is 5.69 Å². The van der Waals surface area contributed by atoms with Crippen molar-refractivity contribution in [1.29, 1.82) is 0 Å². The lowest BCUT2D eigenvalue weighted by Crippen LogP contribution is -2.08. The third-order valence-corrected chi connectivity index (χ3v) is 4.43. The normalized spacial score (nSPS) is 11.0. The van der Waals surface area contributed by atoms with Gasteiger partial charge in [-0.25, -0.2) is 4.98 Å². The van der Waals surface area contributed by atoms with Gasteiger partial charge in [0.2, 0.25) is 5.78 Å². The SMILES string of the molecule is Cc1csc(C(=O)c2[nH]c3ccc(Cl)cc3c2CC(=O)O)n1. The Morgan fingerprint density at radius 2 is 2.18 bits per heavy atom. The van der Waals surface area contributed by atoms with Crippen LogP contribution in [0.15, 0.2) is 23.6 Å². The molecule has 0 spiro atoms. The van der Waals surface area contributed by atoms with Gasteiger partial charge in [-0.15, -0.1) is 11.3 Å². The molecule has 5 nitrogen and oxygen atoms in total. The van der Waals surface area contributed by atoms with Gasteiger partial charge in [0.1, 0.15) is 0 Å². The fraction of sp³-hybridized carbons (Fsp3) is 0.133. The van der Waals surface area contributed by atoms with Crippen molar-refractivity contribution in [3.05, 3.63) is 50.6 Å². The molecule has 112 valence electrons. The maximum atomic E-state index is 12.6. The number of H-pyrrole nitrogens is 1. The minimum absolute atomic E-state index is 0.258. The number of rotatable bonds is 4. The molecule has 7 heteroatoms. The summed E-state index contributed by atoms with van der Waals surface area (Å²) in [7, 11) is 0. The van der Waals surface area contributed by atoms with Crippen molar-refractivity contribution in [2.24, 2.45) is 0 Å². The van der Waals surface area contributed by atoms with Crippen molar-refractivity contribution in [2.75, 3.05) is 0 Å². The van der Waals surface area contributed by atoms with Crippen LogP contribution in [-0.4, -0.2) is 26.8 Å². The lowest BCUT2D eigenvalue weighted by Gasteiger charge is -2.00. The highest BCUT2D eigenvalue weighted by Gasteiger charge is 2.23. The van der Waals surface area contributed by atoms with Crippen LogP contribution in [0.4, 0.5) is 0 Å². The first-order valence-electron chi connectivity index (χ1n) is 6.44. The summed E-state index contributed by atoms with van der Waals surface area (Å²) in [6, 6.07) is 5.08. The summed E-state index contributed by atoms with van der Waals surface area (Å²) in [4.78, 5) is 30.9. The van der Waals surface area contributed by atoms with E-state index < -0.39 is 5.97 Å². The highest BCUT2D eigenvalue weighted by Crippen LogP contribution is 2.28. The molecule has 0 saturated carbocycles. The molecule has 0 aliphatic heterocycles. The molecule has 0 radical (unpaired) electrons. The molecule has 22 heavy (non-hydrogen) atoms. The van der Waals surface area contributed by atoms with Crippen LogP contribution in [0.2, 0.25) is 5.02 Å². The number of nitrogens with one attached hydrogen (secondary N) is 1. The van der Waals surface area contributed by atoms with Crippen molar-refractivity contribution >= 4 is 45.6 Å². The molecule has 2 aromatic heterocycles. The van der Waals surface area contributed by atoms with Gasteiger partial charge in [0.15, 0.2) is 5.01 Å². The van der Waals surface area contributed by atoms with Crippen molar-refractivity contribution in [2.45, 2.75) is 13.3 Å². The number of hydrogen-bond acceptors (Lipinski definition) is 4. The van der Waals surface area contributed by atoms with E-state index in [0.29, 0.717) is 26.5 Å². The zero-order valence-corrected chi connectivity index (χ0v) is 13.1. The van der Waals surface area contributed by atoms with Crippen molar-refractivity contribution in [3.8, 4) is 0 Å². The summed E-state index contributed by atoms with van der Waals surface area (Å²) in [5.74, 6) is -1.31. The highest BCUT2D eigenvalue weighted by molar-refractivity contribution is 7.12. The number of benzene rings is 1. The molecule has 0 saturated heterocycles. The smallest absolute Gasteiger partial charge is 0.307 e. The van der Waals surface area contributed by atoms with E-state index in [1.54, 1.807) is 30.5 Å². The molecular formula is C15H11ClN2O3S.